The van der Waals surface area contributed by atoms with Crippen molar-refractivity contribution in [2.45, 2.75) is 19.3 Å². The quantitative estimate of drug-likeness (QED) is 0.920. The third kappa shape index (κ3) is 2.77. The molecule has 0 aliphatic carbocycles. The minimum atomic E-state index is -0.513. The van der Waals surface area contributed by atoms with Crippen LogP contribution in [-0.2, 0) is 0 Å². The zero-order valence-corrected chi connectivity index (χ0v) is 12.2. The molecule has 6 heteroatoms. The summed E-state index contributed by atoms with van der Waals surface area (Å²) in [5.41, 5.74) is 0.574. The molecule has 2 aromatic rings. The number of amides is 1. The van der Waals surface area contributed by atoms with Crippen LogP contribution in [0.1, 0.15) is 34.2 Å². The van der Waals surface area contributed by atoms with Crippen LogP contribution in [-0.4, -0.2) is 33.9 Å². The lowest BCUT2D eigenvalue weighted by Crippen LogP contribution is -2.29. The van der Waals surface area contributed by atoms with Crippen molar-refractivity contribution in [3.63, 3.8) is 0 Å². The van der Waals surface area contributed by atoms with Gasteiger partial charge in [0.25, 0.3) is 11.5 Å². The number of aryl methyl sites for hydroxylation is 1. The summed E-state index contributed by atoms with van der Waals surface area (Å²) in [6, 6.07) is 7.44. The molecule has 1 unspecified atom stereocenters. The topological polar surface area (TPSA) is 66.1 Å². The first-order valence-electron chi connectivity index (χ1n) is 7.16. The molecular formula is C16H16FN3O2. The number of carbonyl (C=O) groups excluding carboxylic acids is 1. The van der Waals surface area contributed by atoms with Gasteiger partial charge in [-0.25, -0.2) is 9.37 Å². The molecule has 1 aromatic heterocycles. The van der Waals surface area contributed by atoms with Crippen molar-refractivity contribution in [3.8, 4) is 0 Å². The lowest BCUT2D eigenvalue weighted by atomic mass is 10.0. The lowest BCUT2D eigenvalue weighted by molar-refractivity contribution is 0.0786. The first-order valence-corrected chi connectivity index (χ1v) is 7.16. The summed E-state index contributed by atoms with van der Waals surface area (Å²) >= 11 is 0. The normalized spacial score (nSPS) is 17.7. The van der Waals surface area contributed by atoms with Gasteiger partial charge in [-0.3, -0.25) is 9.59 Å². The number of aromatic nitrogens is 2. The molecule has 0 spiro atoms. The summed E-state index contributed by atoms with van der Waals surface area (Å²) < 4.78 is 13.7. The van der Waals surface area contributed by atoms with E-state index >= 15 is 0 Å². The predicted molar refractivity (Wildman–Crippen MR) is 79.3 cm³/mol. The van der Waals surface area contributed by atoms with Crippen LogP contribution in [0.3, 0.4) is 0 Å². The first kappa shape index (κ1) is 14.4. The summed E-state index contributed by atoms with van der Waals surface area (Å²) in [6.07, 6.45) is 0.718. The Hall–Kier alpha value is -2.50. The van der Waals surface area contributed by atoms with E-state index in [0.29, 0.717) is 24.6 Å². The molecule has 1 aliphatic rings. The Morgan fingerprint density at radius 2 is 2.18 bits per heavy atom. The lowest BCUT2D eigenvalue weighted by Gasteiger charge is -2.17. The molecule has 3 rings (SSSR count). The van der Waals surface area contributed by atoms with Crippen LogP contribution in [0.2, 0.25) is 0 Å². The second-order valence-corrected chi connectivity index (χ2v) is 5.47. The number of H-pyrrole nitrogens is 1. The van der Waals surface area contributed by atoms with Gasteiger partial charge in [-0.05, 0) is 25.5 Å². The molecule has 114 valence electrons. The van der Waals surface area contributed by atoms with Crippen molar-refractivity contribution in [1.29, 1.82) is 0 Å². The van der Waals surface area contributed by atoms with E-state index in [-0.39, 0.29) is 22.9 Å². The van der Waals surface area contributed by atoms with E-state index in [2.05, 4.69) is 9.97 Å². The van der Waals surface area contributed by atoms with Gasteiger partial charge in [0.2, 0.25) is 0 Å². The fraction of sp³-hybridized carbons (Fsp3) is 0.312. The molecule has 1 N–H and O–H groups in total. The molecular weight excluding hydrogens is 285 g/mol. The summed E-state index contributed by atoms with van der Waals surface area (Å²) in [5.74, 6) is -0.263. The Morgan fingerprint density at radius 3 is 2.91 bits per heavy atom. The SMILES string of the molecule is Cc1nc(C2CCN(C(=O)c3ccccc3F)C2)cc(=O)[nH]1. The number of halogens is 1. The van der Waals surface area contributed by atoms with Gasteiger partial charge in [0.15, 0.2) is 0 Å². The Balaban J connectivity index is 1.79. The number of nitrogens with one attached hydrogen (secondary N) is 1. The highest BCUT2D eigenvalue weighted by Crippen LogP contribution is 2.26. The minimum Gasteiger partial charge on any atom is -0.338 e. The van der Waals surface area contributed by atoms with Gasteiger partial charge < -0.3 is 9.88 Å². The van der Waals surface area contributed by atoms with Gasteiger partial charge in [0, 0.05) is 25.1 Å². The highest BCUT2D eigenvalue weighted by atomic mass is 19.1. The molecule has 1 amide bonds. The van der Waals surface area contributed by atoms with Gasteiger partial charge in [-0.2, -0.15) is 0 Å². The molecule has 1 aliphatic heterocycles. The van der Waals surface area contributed by atoms with Crippen molar-refractivity contribution in [2.75, 3.05) is 13.1 Å². The second kappa shape index (κ2) is 5.71. The summed E-state index contributed by atoms with van der Waals surface area (Å²) in [7, 11) is 0. The molecule has 1 fully saturated rings. The van der Waals surface area contributed by atoms with Crippen molar-refractivity contribution in [1.82, 2.24) is 14.9 Å². The number of likely N-dealkylation sites (tertiary alicyclic amines) is 1. The molecule has 0 radical (unpaired) electrons. The molecule has 2 heterocycles. The fourth-order valence-corrected chi connectivity index (χ4v) is 2.80. The van der Waals surface area contributed by atoms with Crippen LogP contribution in [0.15, 0.2) is 35.1 Å². The first-order chi connectivity index (χ1) is 10.5. The van der Waals surface area contributed by atoms with Gasteiger partial charge in [-0.1, -0.05) is 12.1 Å². The van der Waals surface area contributed by atoms with Crippen LogP contribution >= 0.6 is 0 Å². The molecule has 0 bridgehead atoms. The highest BCUT2D eigenvalue weighted by molar-refractivity contribution is 5.94. The van der Waals surface area contributed by atoms with Gasteiger partial charge in [0.1, 0.15) is 11.6 Å². The Morgan fingerprint density at radius 1 is 1.41 bits per heavy atom. The average Bonchev–Trinajstić information content (AvgIpc) is 2.96. The zero-order chi connectivity index (χ0) is 15.7. The maximum absolute atomic E-state index is 13.7. The Kier molecular flexibility index (Phi) is 3.75. The smallest absolute Gasteiger partial charge is 0.256 e. The van der Waals surface area contributed by atoms with Gasteiger partial charge >= 0.3 is 0 Å². The van der Waals surface area contributed by atoms with E-state index in [9.17, 15) is 14.0 Å². The standard InChI is InChI=1S/C16H16FN3O2/c1-10-18-14(8-15(21)19-10)11-6-7-20(9-11)16(22)12-4-2-3-5-13(12)17/h2-5,8,11H,6-7,9H2,1H3,(H,18,19,21). The molecule has 1 saturated heterocycles. The number of hydrogen-bond acceptors (Lipinski definition) is 3. The maximum atomic E-state index is 13.7. The van der Waals surface area contributed by atoms with E-state index in [1.54, 1.807) is 24.0 Å². The van der Waals surface area contributed by atoms with Crippen LogP contribution < -0.4 is 5.56 Å². The summed E-state index contributed by atoms with van der Waals surface area (Å²) in [5, 5.41) is 0. The number of benzene rings is 1. The minimum absolute atomic E-state index is 0.0109. The molecule has 5 nitrogen and oxygen atoms in total. The number of hydrogen-bond donors (Lipinski definition) is 1. The van der Waals surface area contributed by atoms with Crippen molar-refractivity contribution in [3.05, 3.63) is 63.6 Å². The number of rotatable bonds is 2. The van der Waals surface area contributed by atoms with E-state index in [1.165, 1.54) is 18.2 Å². The van der Waals surface area contributed by atoms with Gasteiger partial charge in [0.05, 0.1) is 11.3 Å². The van der Waals surface area contributed by atoms with Gasteiger partial charge in [-0.15, -0.1) is 0 Å². The average molecular weight is 301 g/mol. The van der Waals surface area contributed by atoms with E-state index in [1.807, 2.05) is 0 Å². The zero-order valence-electron chi connectivity index (χ0n) is 12.2. The predicted octanol–water partition coefficient (Wildman–Crippen LogP) is 1.85. The van der Waals surface area contributed by atoms with Crippen LogP contribution in [0.5, 0.6) is 0 Å². The molecule has 0 saturated carbocycles. The molecule has 1 aromatic carbocycles. The van der Waals surface area contributed by atoms with Crippen LogP contribution in [0.4, 0.5) is 4.39 Å². The Bertz CT molecular complexity index is 772. The maximum Gasteiger partial charge on any atom is 0.256 e. The summed E-state index contributed by atoms with van der Waals surface area (Å²) in [4.78, 5) is 32.4. The summed E-state index contributed by atoms with van der Waals surface area (Å²) in [6.45, 7) is 2.70. The third-order valence-electron chi connectivity index (χ3n) is 3.88. The monoisotopic (exact) mass is 301 g/mol. The van der Waals surface area contributed by atoms with E-state index in [0.717, 1.165) is 6.42 Å². The third-order valence-corrected chi connectivity index (χ3v) is 3.88. The second-order valence-electron chi connectivity index (χ2n) is 5.47. The largest absolute Gasteiger partial charge is 0.338 e. The number of carbonyl (C=O) groups is 1. The Labute approximate surface area is 126 Å². The van der Waals surface area contributed by atoms with Crippen LogP contribution in [0, 0.1) is 12.7 Å². The highest BCUT2D eigenvalue weighted by Gasteiger charge is 2.30. The number of aromatic amines is 1. The van der Waals surface area contributed by atoms with Crippen molar-refractivity contribution >= 4 is 5.91 Å². The fourth-order valence-electron chi connectivity index (χ4n) is 2.80. The van der Waals surface area contributed by atoms with Crippen LogP contribution in [0.25, 0.3) is 0 Å². The molecule has 1 atom stereocenters. The number of nitrogens with zero attached hydrogens (tertiary/aromatic N) is 2. The molecule has 22 heavy (non-hydrogen) atoms. The van der Waals surface area contributed by atoms with Crippen molar-refractivity contribution < 1.29 is 9.18 Å². The van der Waals surface area contributed by atoms with E-state index < -0.39 is 5.82 Å². The van der Waals surface area contributed by atoms with E-state index in [4.69, 9.17) is 0 Å². The van der Waals surface area contributed by atoms with Crippen molar-refractivity contribution in [2.24, 2.45) is 0 Å².